The quantitative estimate of drug-likeness (QED) is 0.796. The molecule has 0 fully saturated rings. The van der Waals surface area contributed by atoms with Gasteiger partial charge in [-0.25, -0.2) is 9.97 Å². The maximum absolute atomic E-state index is 4.54. The van der Waals surface area contributed by atoms with E-state index in [0.29, 0.717) is 5.95 Å². The molecule has 2 aromatic heterocycles. The van der Waals surface area contributed by atoms with E-state index in [0.717, 1.165) is 42.9 Å². The number of unbranched alkanes of at least 4 members (excludes halogenated alkanes) is 1. The molecule has 0 amide bonds. The van der Waals surface area contributed by atoms with Crippen molar-refractivity contribution < 1.29 is 0 Å². The molecule has 0 aliphatic carbocycles. The van der Waals surface area contributed by atoms with Crippen molar-refractivity contribution in [2.24, 2.45) is 0 Å². The van der Waals surface area contributed by atoms with Gasteiger partial charge in [-0.15, -0.1) is 0 Å². The van der Waals surface area contributed by atoms with Crippen molar-refractivity contribution in [1.82, 2.24) is 19.9 Å². The zero-order valence-corrected chi connectivity index (χ0v) is 13.9. The molecule has 0 saturated heterocycles. The first-order valence-corrected chi connectivity index (χ1v) is 7.77. The van der Waals surface area contributed by atoms with Gasteiger partial charge >= 0.3 is 0 Å². The van der Waals surface area contributed by atoms with Crippen molar-refractivity contribution in [1.29, 1.82) is 0 Å². The maximum atomic E-state index is 4.54. The normalized spacial score (nSPS) is 11.0. The SMILES string of the molecule is CCCCNc1ncc(-c2ccc(CN(C)C)cn2)c(C)n1. The lowest BCUT2D eigenvalue weighted by Crippen LogP contribution is -2.10. The third kappa shape index (κ3) is 4.49. The summed E-state index contributed by atoms with van der Waals surface area (Å²) in [5.74, 6) is 0.693. The fourth-order valence-corrected chi connectivity index (χ4v) is 2.22. The molecule has 1 N–H and O–H groups in total. The van der Waals surface area contributed by atoms with Crippen molar-refractivity contribution >= 4 is 5.95 Å². The Bertz CT molecular complexity index is 592. The first-order chi connectivity index (χ1) is 10.6. The van der Waals surface area contributed by atoms with Gasteiger partial charge in [0, 0.05) is 31.0 Å². The predicted octanol–water partition coefficient (Wildman–Crippen LogP) is 3.12. The first-order valence-electron chi connectivity index (χ1n) is 7.77. The third-order valence-electron chi connectivity index (χ3n) is 3.39. The van der Waals surface area contributed by atoms with Gasteiger partial charge in [0.25, 0.3) is 0 Å². The van der Waals surface area contributed by atoms with Crippen LogP contribution in [0.1, 0.15) is 31.0 Å². The fraction of sp³-hybridized carbons (Fsp3) is 0.471. The van der Waals surface area contributed by atoms with Gasteiger partial charge in [-0.3, -0.25) is 4.98 Å². The molecule has 2 rings (SSSR count). The summed E-state index contributed by atoms with van der Waals surface area (Å²) >= 11 is 0. The minimum Gasteiger partial charge on any atom is -0.354 e. The molecule has 0 radical (unpaired) electrons. The molecule has 2 aromatic rings. The van der Waals surface area contributed by atoms with E-state index in [2.05, 4.69) is 52.3 Å². The Morgan fingerprint density at radius 3 is 2.55 bits per heavy atom. The Hall–Kier alpha value is -2.01. The van der Waals surface area contributed by atoms with Gasteiger partial charge in [0.2, 0.25) is 5.95 Å². The molecule has 0 aliphatic heterocycles. The van der Waals surface area contributed by atoms with E-state index in [4.69, 9.17) is 0 Å². The van der Waals surface area contributed by atoms with E-state index in [1.54, 1.807) is 0 Å². The minimum atomic E-state index is 0.693. The van der Waals surface area contributed by atoms with Gasteiger partial charge in [0.15, 0.2) is 0 Å². The van der Waals surface area contributed by atoms with Gasteiger partial charge in [-0.05, 0) is 39.1 Å². The number of nitrogens with zero attached hydrogens (tertiary/aromatic N) is 4. The molecule has 0 unspecified atom stereocenters. The van der Waals surface area contributed by atoms with Crippen LogP contribution in [0, 0.1) is 6.92 Å². The van der Waals surface area contributed by atoms with Crippen LogP contribution < -0.4 is 5.32 Å². The number of rotatable bonds is 7. The van der Waals surface area contributed by atoms with Crippen LogP contribution in [0.15, 0.2) is 24.5 Å². The molecule has 5 nitrogen and oxygen atoms in total. The highest BCUT2D eigenvalue weighted by Crippen LogP contribution is 2.20. The first kappa shape index (κ1) is 16.4. The summed E-state index contributed by atoms with van der Waals surface area (Å²) in [6.45, 7) is 5.97. The van der Waals surface area contributed by atoms with Gasteiger partial charge in [-0.1, -0.05) is 19.4 Å². The highest BCUT2D eigenvalue weighted by Gasteiger charge is 2.07. The van der Waals surface area contributed by atoms with Crippen LogP contribution in [0.5, 0.6) is 0 Å². The Morgan fingerprint density at radius 1 is 1.14 bits per heavy atom. The summed E-state index contributed by atoms with van der Waals surface area (Å²) in [4.78, 5) is 15.6. The molecule has 22 heavy (non-hydrogen) atoms. The average molecular weight is 299 g/mol. The zero-order chi connectivity index (χ0) is 15.9. The minimum absolute atomic E-state index is 0.693. The Morgan fingerprint density at radius 2 is 1.95 bits per heavy atom. The van der Waals surface area contributed by atoms with Crippen LogP contribution in [-0.2, 0) is 6.54 Å². The van der Waals surface area contributed by atoms with E-state index >= 15 is 0 Å². The molecule has 0 aromatic carbocycles. The van der Waals surface area contributed by atoms with Crippen LogP contribution in [0.2, 0.25) is 0 Å². The second-order valence-corrected chi connectivity index (χ2v) is 5.76. The zero-order valence-electron chi connectivity index (χ0n) is 13.9. The fourth-order valence-electron chi connectivity index (χ4n) is 2.22. The lowest BCUT2D eigenvalue weighted by atomic mass is 10.1. The second-order valence-electron chi connectivity index (χ2n) is 5.76. The maximum Gasteiger partial charge on any atom is 0.222 e. The smallest absolute Gasteiger partial charge is 0.222 e. The molecule has 0 aliphatic rings. The molecule has 5 heteroatoms. The van der Waals surface area contributed by atoms with Gasteiger partial charge in [-0.2, -0.15) is 0 Å². The van der Waals surface area contributed by atoms with E-state index in [9.17, 15) is 0 Å². The standard InChI is InChI=1S/C17H25N5/c1-5-6-9-18-17-20-11-15(13(2)21-17)16-8-7-14(10-19-16)12-22(3)4/h7-8,10-11H,5-6,9,12H2,1-4H3,(H,18,20,21). The molecule has 118 valence electrons. The summed E-state index contributed by atoms with van der Waals surface area (Å²) in [5.41, 5.74) is 4.05. The average Bonchev–Trinajstić information content (AvgIpc) is 2.48. The molecule has 0 saturated carbocycles. The van der Waals surface area contributed by atoms with Gasteiger partial charge < -0.3 is 10.2 Å². The van der Waals surface area contributed by atoms with Crippen molar-refractivity contribution in [3.05, 3.63) is 35.8 Å². The van der Waals surface area contributed by atoms with E-state index in [1.807, 2.05) is 25.4 Å². The van der Waals surface area contributed by atoms with Crippen LogP contribution in [0.3, 0.4) is 0 Å². The summed E-state index contributed by atoms with van der Waals surface area (Å²) in [6, 6.07) is 4.14. The van der Waals surface area contributed by atoms with Crippen molar-refractivity contribution in [3.63, 3.8) is 0 Å². The van der Waals surface area contributed by atoms with E-state index in [1.165, 1.54) is 5.56 Å². The lowest BCUT2D eigenvalue weighted by Gasteiger charge is -2.11. The summed E-state index contributed by atoms with van der Waals surface area (Å²) in [5, 5.41) is 3.25. The number of aromatic nitrogens is 3. The van der Waals surface area contributed by atoms with E-state index < -0.39 is 0 Å². The predicted molar refractivity (Wildman–Crippen MR) is 90.8 cm³/mol. The molecular formula is C17H25N5. The summed E-state index contributed by atoms with van der Waals surface area (Å²) < 4.78 is 0. The van der Waals surface area contributed by atoms with Crippen LogP contribution in [-0.4, -0.2) is 40.5 Å². The van der Waals surface area contributed by atoms with Gasteiger partial charge in [0.1, 0.15) is 0 Å². The monoisotopic (exact) mass is 299 g/mol. The highest BCUT2D eigenvalue weighted by atomic mass is 15.1. The van der Waals surface area contributed by atoms with Gasteiger partial charge in [0.05, 0.1) is 11.4 Å². The largest absolute Gasteiger partial charge is 0.354 e. The van der Waals surface area contributed by atoms with Crippen molar-refractivity contribution in [3.8, 4) is 11.3 Å². The number of anilines is 1. The molecular weight excluding hydrogens is 274 g/mol. The van der Waals surface area contributed by atoms with Crippen LogP contribution in [0.25, 0.3) is 11.3 Å². The second kappa shape index (κ2) is 7.84. The van der Waals surface area contributed by atoms with Crippen LogP contribution >= 0.6 is 0 Å². The van der Waals surface area contributed by atoms with Crippen LogP contribution in [0.4, 0.5) is 5.95 Å². The number of hydrogen-bond acceptors (Lipinski definition) is 5. The van der Waals surface area contributed by atoms with E-state index in [-0.39, 0.29) is 0 Å². The van der Waals surface area contributed by atoms with Crippen molar-refractivity contribution in [2.45, 2.75) is 33.2 Å². The lowest BCUT2D eigenvalue weighted by molar-refractivity contribution is 0.402. The number of hydrogen-bond donors (Lipinski definition) is 1. The number of aryl methyl sites for hydroxylation is 1. The summed E-state index contributed by atoms with van der Waals surface area (Å²) in [6.07, 6.45) is 6.05. The Balaban J connectivity index is 2.11. The summed E-state index contributed by atoms with van der Waals surface area (Å²) in [7, 11) is 4.10. The molecule has 0 atom stereocenters. The highest BCUT2D eigenvalue weighted by molar-refractivity contribution is 5.61. The molecule has 0 bridgehead atoms. The Kier molecular flexibility index (Phi) is 5.83. The number of nitrogens with one attached hydrogen (secondary N) is 1. The Labute approximate surface area is 132 Å². The molecule has 0 spiro atoms. The molecule has 2 heterocycles. The van der Waals surface area contributed by atoms with Crippen molar-refractivity contribution in [2.75, 3.05) is 26.0 Å². The number of pyridine rings is 1. The topological polar surface area (TPSA) is 53.9 Å². The third-order valence-corrected chi connectivity index (χ3v) is 3.39.